The van der Waals surface area contributed by atoms with E-state index >= 15 is 0 Å². The molecule has 1 saturated heterocycles. The Balaban J connectivity index is 1.92. The van der Waals surface area contributed by atoms with Gasteiger partial charge in [0.1, 0.15) is 11.8 Å². The van der Waals surface area contributed by atoms with Crippen LogP contribution in [0.3, 0.4) is 0 Å². The van der Waals surface area contributed by atoms with Crippen molar-refractivity contribution in [2.45, 2.75) is 36.7 Å². The van der Waals surface area contributed by atoms with E-state index in [9.17, 15) is 18.0 Å². The molecule has 0 bridgehead atoms. The number of hydrogen-bond donors (Lipinski definition) is 3. The minimum atomic E-state index is -3.58. The number of nitrogens with one attached hydrogen (secondary N) is 2. The molecular formula is C16H24N4O5S. The molecule has 10 heteroatoms. The molecule has 1 aliphatic heterocycles. The SMILES string of the molecule is COc1ccc(S(=O)(=O)N2CCC(NC(=O)[C@@H](C)NC(N)=O)CC2)cc1. The van der Waals surface area contributed by atoms with Crippen LogP contribution in [-0.4, -0.2) is 56.9 Å². The predicted octanol–water partition coefficient (Wildman–Crippen LogP) is 0.0213. The van der Waals surface area contributed by atoms with Crippen LogP contribution in [0.2, 0.25) is 0 Å². The number of ether oxygens (including phenoxy) is 1. The molecule has 1 aromatic carbocycles. The Morgan fingerprint density at radius 2 is 1.81 bits per heavy atom. The average molecular weight is 384 g/mol. The van der Waals surface area contributed by atoms with Gasteiger partial charge in [-0.2, -0.15) is 4.31 Å². The number of nitrogens with zero attached hydrogens (tertiary/aromatic N) is 1. The summed E-state index contributed by atoms with van der Waals surface area (Å²) in [6, 6.07) is 4.57. The number of nitrogens with two attached hydrogens (primary N) is 1. The molecule has 9 nitrogen and oxygen atoms in total. The van der Waals surface area contributed by atoms with Crippen LogP contribution in [0.25, 0.3) is 0 Å². The Morgan fingerprint density at radius 1 is 1.23 bits per heavy atom. The summed E-state index contributed by atoms with van der Waals surface area (Å²) in [6.45, 7) is 2.14. The Bertz CT molecular complexity index is 742. The Morgan fingerprint density at radius 3 is 2.31 bits per heavy atom. The summed E-state index contributed by atoms with van der Waals surface area (Å²) >= 11 is 0. The fourth-order valence-corrected chi connectivity index (χ4v) is 4.21. The smallest absolute Gasteiger partial charge is 0.312 e. The summed E-state index contributed by atoms with van der Waals surface area (Å²) in [6.07, 6.45) is 0.981. The Labute approximate surface area is 152 Å². The minimum absolute atomic E-state index is 0.151. The van der Waals surface area contributed by atoms with Crippen LogP contribution >= 0.6 is 0 Å². The van der Waals surface area contributed by atoms with Crippen molar-refractivity contribution in [3.63, 3.8) is 0 Å². The molecule has 1 aromatic rings. The van der Waals surface area contributed by atoms with Crippen molar-refractivity contribution in [1.29, 1.82) is 0 Å². The third-order valence-electron chi connectivity index (χ3n) is 4.25. The van der Waals surface area contributed by atoms with E-state index in [0.717, 1.165) is 0 Å². The first-order valence-corrected chi connectivity index (χ1v) is 9.68. The molecule has 0 radical (unpaired) electrons. The topological polar surface area (TPSA) is 131 Å². The second kappa shape index (κ2) is 8.37. The van der Waals surface area contributed by atoms with Gasteiger partial charge in [-0.1, -0.05) is 0 Å². The molecule has 0 unspecified atom stereocenters. The third-order valence-corrected chi connectivity index (χ3v) is 6.16. The number of urea groups is 1. The third kappa shape index (κ3) is 4.85. The highest BCUT2D eigenvalue weighted by Gasteiger charge is 2.30. The fourth-order valence-electron chi connectivity index (χ4n) is 2.74. The van der Waals surface area contributed by atoms with Crippen LogP contribution in [0.1, 0.15) is 19.8 Å². The van der Waals surface area contributed by atoms with E-state index in [0.29, 0.717) is 31.7 Å². The zero-order chi connectivity index (χ0) is 19.3. The Kier molecular flexibility index (Phi) is 6.43. The summed E-state index contributed by atoms with van der Waals surface area (Å²) in [5.74, 6) is 0.240. The number of sulfonamides is 1. The van der Waals surface area contributed by atoms with E-state index in [4.69, 9.17) is 10.5 Å². The summed E-state index contributed by atoms with van der Waals surface area (Å²) in [5, 5.41) is 5.11. The molecule has 0 spiro atoms. The van der Waals surface area contributed by atoms with Crippen LogP contribution in [0.5, 0.6) is 5.75 Å². The van der Waals surface area contributed by atoms with Crippen LogP contribution < -0.4 is 21.1 Å². The predicted molar refractivity (Wildman–Crippen MR) is 95.1 cm³/mol. The monoisotopic (exact) mass is 384 g/mol. The molecule has 0 aliphatic carbocycles. The molecule has 1 heterocycles. The van der Waals surface area contributed by atoms with Gasteiger partial charge in [0, 0.05) is 19.1 Å². The van der Waals surface area contributed by atoms with Gasteiger partial charge in [0.25, 0.3) is 0 Å². The number of carbonyl (C=O) groups is 2. The van der Waals surface area contributed by atoms with Crippen LogP contribution in [0.15, 0.2) is 29.2 Å². The second-order valence-corrected chi connectivity index (χ2v) is 8.03. The van der Waals surface area contributed by atoms with Crippen molar-refractivity contribution in [2.75, 3.05) is 20.2 Å². The van der Waals surface area contributed by atoms with Gasteiger partial charge in [0.15, 0.2) is 0 Å². The lowest BCUT2D eigenvalue weighted by molar-refractivity contribution is -0.123. The quantitative estimate of drug-likeness (QED) is 0.636. The van der Waals surface area contributed by atoms with Gasteiger partial charge in [-0.05, 0) is 44.0 Å². The number of amides is 3. The maximum atomic E-state index is 12.7. The lowest BCUT2D eigenvalue weighted by atomic mass is 10.1. The van der Waals surface area contributed by atoms with Gasteiger partial charge < -0.3 is 21.1 Å². The van der Waals surface area contributed by atoms with E-state index < -0.39 is 22.1 Å². The second-order valence-electron chi connectivity index (χ2n) is 6.09. The molecule has 2 rings (SSSR count). The number of methoxy groups -OCH3 is 1. The lowest BCUT2D eigenvalue weighted by Gasteiger charge is -2.32. The molecular weight excluding hydrogens is 360 g/mol. The zero-order valence-corrected chi connectivity index (χ0v) is 15.6. The van der Waals surface area contributed by atoms with Crippen molar-refractivity contribution in [2.24, 2.45) is 5.73 Å². The standard InChI is InChI=1S/C16H24N4O5S/c1-11(18-16(17)22)15(21)19-12-7-9-20(10-8-12)26(23,24)14-5-3-13(25-2)4-6-14/h3-6,11-12H,7-10H2,1-2H3,(H,19,21)(H3,17,18,22)/t11-/m1/s1. The maximum Gasteiger partial charge on any atom is 0.312 e. The lowest BCUT2D eigenvalue weighted by Crippen LogP contribution is -2.52. The van der Waals surface area contributed by atoms with Crippen LogP contribution in [-0.2, 0) is 14.8 Å². The molecule has 1 fully saturated rings. The molecule has 4 N–H and O–H groups in total. The zero-order valence-electron chi connectivity index (χ0n) is 14.8. The van der Waals surface area contributed by atoms with E-state index in [1.165, 1.54) is 30.5 Å². The molecule has 1 aliphatic rings. The largest absolute Gasteiger partial charge is 0.497 e. The number of primary amides is 1. The van der Waals surface area contributed by atoms with E-state index in [1.807, 2.05) is 0 Å². The Hall–Kier alpha value is -2.33. The molecule has 0 saturated carbocycles. The first kappa shape index (κ1) is 20.0. The van der Waals surface area contributed by atoms with Crippen LogP contribution in [0.4, 0.5) is 4.79 Å². The molecule has 26 heavy (non-hydrogen) atoms. The van der Waals surface area contributed by atoms with Crippen LogP contribution in [0, 0.1) is 0 Å². The van der Waals surface area contributed by atoms with E-state index in [-0.39, 0.29) is 16.8 Å². The van der Waals surface area contributed by atoms with Crippen molar-refractivity contribution in [1.82, 2.24) is 14.9 Å². The number of benzene rings is 1. The van der Waals surface area contributed by atoms with Gasteiger partial charge in [-0.15, -0.1) is 0 Å². The van der Waals surface area contributed by atoms with Gasteiger partial charge in [0.05, 0.1) is 12.0 Å². The average Bonchev–Trinajstić information content (AvgIpc) is 2.61. The highest BCUT2D eigenvalue weighted by atomic mass is 32.2. The van der Waals surface area contributed by atoms with Gasteiger partial charge in [-0.25, -0.2) is 13.2 Å². The first-order chi connectivity index (χ1) is 12.2. The molecule has 3 amide bonds. The van der Waals surface area contributed by atoms with Crippen molar-refractivity contribution in [3.8, 4) is 5.75 Å². The molecule has 0 aromatic heterocycles. The number of hydrogen-bond acceptors (Lipinski definition) is 5. The maximum absolute atomic E-state index is 12.7. The summed E-state index contributed by atoms with van der Waals surface area (Å²) < 4.78 is 31.8. The number of rotatable bonds is 6. The van der Waals surface area contributed by atoms with Crippen molar-refractivity contribution >= 4 is 22.0 Å². The first-order valence-electron chi connectivity index (χ1n) is 8.24. The van der Waals surface area contributed by atoms with Gasteiger partial charge in [0.2, 0.25) is 15.9 Å². The fraction of sp³-hybridized carbons (Fsp3) is 0.500. The van der Waals surface area contributed by atoms with Crippen molar-refractivity contribution in [3.05, 3.63) is 24.3 Å². The summed E-state index contributed by atoms with van der Waals surface area (Å²) in [5.41, 5.74) is 4.99. The van der Waals surface area contributed by atoms with Gasteiger partial charge >= 0.3 is 6.03 Å². The summed E-state index contributed by atoms with van der Waals surface area (Å²) in [7, 11) is -2.06. The van der Waals surface area contributed by atoms with E-state index in [2.05, 4.69) is 10.6 Å². The number of piperidine rings is 1. The molecule has 144 valence electrons. The number of carbonyl (C=O) groups excluding carboxylic acids is 2. The normalized spacial score (nSPS) is 17.3. The molecule has 1 atom stereocenters. The van der Waals surface area contributed by atoms with Crippen molar-refractivity contribution < 1.29 is 22.7 Å². The highest BCUT2D eigenvalue weighted by molar-refractivity contribution is 7.89. The highest BCUT2D eigenvalue weighted by Crippen LogP contribution is 2.22. The van der Waals surface area contributed by atoms with E-state index in [1.54, 1.807) is 12.1 Å². The van der Waals surface area contributed by atoms with Gasteiger partial charge in [-0.3, -0.25) is 4.79 Å². The minimum Gasteiger partial charge on any atom is -0.497 e. The summed E-state index contributed by atoms with van der Waals surface area (Å²) in [4.78, 5) is 23.0.